The molecule has 0 unspecified atom stereocenters. The van der Waals surface area contributed by atoms with Gasteiger partial charge in [0.2, 0.25) is 0 Å². The Bertz CT molecular complexity index is 913. The van der Waals surface area contributed by atoms with E-state index < -0.39 is 10.0 Å². The highest BCUT2D eigenvalue weighted by Gasteiger charge is 2.18. The van der Waals surface area contributed by atoms with Crippen LogP contribution >= 0.6 is 11.6 Å². The molecule has 8 heteroatoms. The van der Waals surface area contributed by atoms with Gasteiger partial charge in [0, 0.05) is 12.1 Å². The second kappa shape index (κ2) is 8.42. The van der Waals surface area contributed by atoms with Crippen LogP contribution in [-0.4, -0.2) is 28.0 Å². The molecule has 0 aromatic heterocycles. The lowest BCUT2D eigenvalue weighted by Crippen LogP contribution is -2.25. The molecule has 140 valence electrons. The van der Waals surface area contributed by atoms with Crippen LogP contribution in [0.15, 0.2) is 41.3 Å². The fourth-order valence-electron chi connectivity index (χ4n) is 2.29. The van der Waals surface area contributed by atoms with Crippen LogP contribution < -0.4 is 14.8 Å². The van der Waals surface area contributed by atoms with E-state index in [9.17, 15) is 13.2 Å². The lowest BCUT2D eigenvalue weighted by molar-refractivity contribution is 0.0953. The van der Waals surface area contributed by atoms with E-state index in [1.54, 1.807) is 25.1 Å². The highest BCUT2D eigenvalue weighted by molar-refractivity contribution is 7.92. The SMILES string of the molecule is CCCNC(=O)c1cc(S(=O)(=O)Nc2ccc(OC)c(Cl)c2)ccc1C. The van der Waals surface area contributed by atoms with Gasteiger partial charge in [-0.25, -0.2) is 8.42 Å². The molecule has 1 amide bonds. The largest absolute Gasteiger partial charge is 0.495 e. The van der Waals surface area contributed by atoms with E-state index in [0.29, 0.717) is 29.1 Å². The van der Waals surface area contributed by atoms with Gasteiger partial charge in [0.15, 0.2) is 0 Å². The highest BCUT2D eigenvalue weighted by Crippen LogP contribution is 2.28. The van der Waals surface area contributed by atoms with Crippen LogP contribution in [0.2, 0.25) is 5.02 Å². The number of rotatable bonds is 7. The third kappa shape index (κ3) is 4.68. The Labute approximate surface area is 158 Å². The maximum Gasteiger partial charge on any atom is 0.261 e. The summed E-state index contributed by atoms with van der Waals surface area (Å²) in [5.74, 6) is 0.147. The molecule has 0 saturated carbocycles. The Morgan fingerprint density at radius 2 is 1.92 bits per heavy atom. The van der Waals surface area contributed by atoms with Crippen molar-refractivity contribution in [2.45, 2.75) is 25.2 Å². The van der Waals surface area contributed by atoms with Crippen molar-refractivity contribution in [3.63, 3.8) is 0 Å². The number of benzene rings is 2. The Hall–Kier alpha value is -2.25. The summed E-state index contributed by atoms with van der Waals surface area (Å²) in [4.78, 5) is 12.2. The molecule has 0 heterocycles. The topological polar surface area (TPSA) is 84.5 Å². The number of carbonyl (C=O) groups is 1. The van der Waals surface area contributed by atoms with E-state index in [0.717, 1.165) is 6.42 Å². The third-order valence-corrected chi connectivity index (χ3v) is 5.38. The van der Waals surface area contributed by atoms with E-state index in [4.69, 9.17) is 16.3 Å². The van der Waals surface area contributed by atoms with Gasteiger partial charge >= 0.3 is 0 Å². The maximum atomic E-state index is 12.7. The molecule has 0 aliphatic carbocycles. The highest BCUT2D eigenvalue weighted by atomic mass is 35.5. The first-order valence-corrected chi connectivity index (χ1v) is 9.89. The number of halogens is 1. The second-order valence-electron chi connectivity index (χ2n) is 5.69. The normalized spacial score (nSPS) is 11.1. The Balaban J connectivity index is 2.31. The van der Waals surface area contributed by atoms with Crippen LogP contribution in [0.25, 0.3) is 0 Å². The third-order valence-electron chi connectivity index (χ3n) is 3.70. The van der Waals surface area contributed by atoms with E-state index in [2.05, 4.69) is 10.0 Å². The second-order valence-corrected chi connectivity index (χ2v) is 7.78. The molecule has 0 spiro atoms. The lowest BCUT2D eigenvalue weighted by Gasteiger charge is -2.12. The smallest absolute Gasteiger partial charge is 0.261 e. The van der Waals surface area contributed by atoms with Gasteiger partial charge in [-0.2, -0.15) is 0 Å². The number of anilines is 1. The summed E-state index contributed by atoms with van der Waals surface area (Å²) in [6.45, 7) is 4.23. The number of hydrogen-bond acceptors (Lipinski definition) is 4. The molecule has 2 rings (SSSR count). The summed E-state index contributed by atoms with van der Waals surface area (Å²) >= 11 is 6.03. The van der Waals surface area contributed by atoms with Crippen LogP contribution in [0.3, 0.4) is 0 Å². The number of aryl methyl sites for hydroxylation is 1. The van der Waals surface area contributed by atoms with E-state index in [-0.39, 0.29) is 15.8 Å². The average molecular weight is 397 g/mol. The summed E-state index contributed by atoms with van der Waals surface area (Å²) < 4.78 is 32.8. The van der Waals surface area contributed by atoms with E-state index in [1.165, 1.54) is 25.3 Å². The number of nitrogens with one attached hydrogen (secondary N) is 2. The molecule has 0 atom stereocenters. The molecule has 0 aliphatic rings. The first-order valence-electron chi connectivity index (χ1n) is 8.03. The molecule has 0 bridgehead atoms. The molecule has 2 aromatic rings. The summed E-state index contributed by atoms with van der Waals surface area (Å²) in [6, 6.07) is 9.01. The van der Waals surface area contributed by atoms with Gasteiger partial charge in [-0.1, -0.05) is 24.6 Å². The molecule has 6 nitrogen and oxygen atoms in total. The molecule has 2 N–H and O–H groups in total. The van der Waals surface area contributed by atoms with Crippen LogP contribution in [0.1, 0.15) is 29.3 Å². The number of methoxy groups -OCH3 is 1. The number of sulfonamides is 1. The van der Waals surface area contributed by atoms with Crippen molar-refractivity contribution in [3.8, 4) is 5.75 Å². The zero-order chi connectivity index (χ0) is 19.3. The zero-order valence-corrected chi connectivity index (χ0v) is 16.4. The molecule has 0 radical (unpaired) electrons. The van der Waals surface area contributed by atoms with Crippen molar-refractivity contribution in [2.75, 3.05) is 18.4 Å². The van der Waals surface area contributed by atoms with Crippen molar-refractivity contribution in [1.82, 2.24) is 5.32 Å². The number of amides is 1. The number of carbonyl (C=O) groups excluding carboxylic acids is 1. The van der Waals surface area contributed by atoms with Gasteiger partial charge in [0.05, 0.1) is 22.7 Å². The Morgan fingerprint density at radius 1 is 1.19 bits per heavy atom. The quantitative estimate of drug-likeness (QED) is 0.748. The monoisotopic (exact) mass is 396 g/mol. The van der Waals surface area contributed by atoms with Crippen LogP contribution in [0.4, 0.5) is 5.69 Å². The van der Waals surface area contributed by atoms with Crippen molar-refractivity contribution in [2.24, 2.45) is 0 Å². The molecule has 0 fully saturated rings. The van der Waals surface area contributed by atoms with Crippen LogP contribution in [0.5, 0.6) is 5.75 Å². The summed E-state index contributed by atoms with van der Waals surface area (Å²) in [7, 11) is -2.40. The first kappa shape index (κ1) is 20.1. The maximum absolute atomic E-state index is 12.7. The molecular weight excluding hydrogens is 376 g/mol. The molecule has 0 saturated heterocycles. The van der Waals surface area contributed by atoms with Crippen molar-refractivity contribution in [1.29, 1.82) is 0 Å². The minimum Gasteiger partial charge on any atom is -0.495 e. The predicted octanol–water partition coefficient (Wildman–Crippen LogP) is 3.60. The summed E-state index contributed by atoms with van der Waals surface area (Å²) in [6.07, 6.45) is 0.794. The minimum atomic E-state index is -3.87. The molecular formula is C18H21ClN2O4S. The van der Waals surface area contributed by atoms with Gasteiger partial charge in [-0.3, -0.25) is 9.52 Å². The van der Waals surface area contributed by atoms with Crippen molar-refractivity contribution in [3.05, 3.63) is 52.5 Å². The molecule has 0 aliphatic heterocycles. The zero-order valence-electron chi connectivity index (χ0n) is 14.8. The van der Waals surface area contributed by atoms with Gasteiger partial charge < -0.3 is 10.1 Å². The van der Waals surface area contributed by atoms with Crippen molar-refractivity contribution >= 4 is 33.2 Å². The van der Waals surface area contributed by atoms with Crippen LogP contribution in [-0.2, 0) is 10.0 Å². The fourth-order valence-corrected chi connectivity index (χ4v) is 3.62. The summed E-state index contributed by atoms with van der Waals surface area (Å²) in [5, 5.41) is 3.04. The lowest BCUT2D eigenvalue weighted by atomic mass is 10.1. The number of hydrogen-bond donors (Lipinski definition) is 2. The van der Waals surface area contributed by atoms with Crippen LogP contribution in [0, 0.1) is 6.92 Å². The van der Waals surface area contributed by atoms with E-state index >= 15 is 0 Å². The molecule has 26 heavy (non-hydrogen) atoms. The standard InChI is InChI=1S/C18H21ClN2O4S/c1-4-9-20-18(22)15-11-14(7-5-12(15)2)26(23,24)21-13-6-8-17(25-3)16(19)10-13/h5-8,10-11,21H,4,9H2,1-3H3,(H,20,22). The predicted molar refractivity (Wildman–Crippen MR) is 103 cm³/mol. The molecule has 2 aromatic carbocycles. The number of ether oxygens (including phenoxy) is 1. The first-order chi connectivity index (χ1) is 12.3. The Kier molecular flexibility index (Phi) is 6.50. The van der Waals surface area contributed by atoms with Gasteiger partial charge in [-0.05, 0) is 49.2 Å². The van der Waals surface area contributed by atoms with Crippen molar-refractivity contribution < 1.29 is 17.9 Å². The Morgan fingerprint density at radius 3 is 2.54 bits per heavy atom. The average Bonchev–Trinajstić information content (AvgIpc) is 2.59. The van der Waals surface area contributed by atoms with Gasteiger partial charge in [0.1, 0.15) is 5.75 Å². The van der Waals surface area contributed by atoms with Gasteiger partial charge in [-0.15, -0.1) is 0 Å². The van der Waals surface area contributed by atoms with E-state index in [1.807, 2.05) is 6.92 Å². The summed E-state index contributed by atoms with van der Waals surface area (Å²) in [5.41, 5.74) is 1.33. The fraction of sp³-hybridized carbons (Fsp3) is 0.278. The van der Waals surface area contributed by atoms with Gasteiger partial charge in [0.25, 0.3) is 15.9 Å². The minimum absolute atomic E-state index is 0.00307.